The van der Waals surface area contributed by atoms with E-state index in [2.05, 4.69) is 39.2 Å². The van der Waals surface area contributed by atoms with Gasteiger partial charge in [0.2, 0.25) is 0 Å². The number of para-hydroxylation sites is 1. The van der Waals surface area contributed by atoms with Crippen LogP contribution in [0.3, 0.4) is 0 Å². The number of nitrogens with zero attached hydrogens (tertiary/aromatic N) is 4. The monoisotopic (exact) mass is 1380 g/mol. The SMILES string of the molecule is [2H]c1c([2H])c([2H])c2c(c1[2H])-c1cc(-c3c(C([2H])([2H])[2H])cccc3C([2H])([2H])[2H])cc(-c3ccc(C(C)(C)C)cc3)c1-[n+]1[c-]n(-c3[c-]c(Oc4[c-]c5c(cc4)c4ccccc4n5-c4cc(C(C)(C)C)ccn4)ccc3)c3cc(-c4c([2H])c([2H])c5c(c4[2H])C(C([2H])([2H])[2H])(C([2H])([2H])[2H])C([2H])([2H])C([2H])([2H])C5(C([2H])([2H])[2H])C([2H])([2H])[2H])cc(c31)-c1c([2H])c([2H])c([2H])c([2H])c1-2.[Pt]. The summed E-state index contributed by atoms with van der Waals surface area (Å²) >= 11 is 0. The minimum absolute atomic E-state index is 0. The standard InChI is InChI=1S/C84H74N4O.Pt/c1-52-21-19-22-53(2)78(52)57-44-69(54-31-34-58(35-32-54)81(3,4)5)79-70(45-57)65-27-15-13-25-63(65)64-26-14-16-28-66(64)71-43-56(55-33-38-72-73(46-55)84(11,12)41-40-83(72,9)10)47-76-80(71)87(79)51-86(76)60-23-20-24-61(49-60)89-62-36-37-68-67-29-17-18-30-74(67)88(75(68)50-62)77-48-59(39-42-85-77)82(6,7)8;/h13-39,42-48H,40-41H2,1-12H3;/q-2;/i1D3,2D3,9D3,10D3,11D3,12D3,13D,14D,15D,16D,25D,26D,27D,28D,33D,38D,40D2,41D2,46D;. The Morgan fingerprint density at radius 1 is 0.556 bits per heavy atom. The summed E-state index contributed by atoms with van der Waals surface area (Å²) < 4.78 is 323. The van der Waals surface area contributed by atoms with Gasteiger partial charge in [-0.1, -0.05) is 208 Å². The molecule has 0 spiro atoms. The molecule has 1 aliphatic carbocycles. The van der Waals surface area contributed by atoms with Gasteiger partial charge in [-0.05, 0) is 196 Å². The topological polar surface area (TPSA) is 35.9 Å². The third kappa shape index (κ3) is 9.87. The Morgan fingerprint density at radius 3 is 1.90 bits per heavy atom. The van der Waals surface area contributed by atoms with Crippen molar-refractivity contribution in [2.24, 2.45) is 0 Å². The van der Waals surface area contributed by atoms with Crippen LogP contribution in [0.4, 0.5) is 0 Å². The van der Waals surface area contributed by atoms with E-state index in [9.17, 15) is 28.8 Å². The van der Waals surface area contributed by atoms with Gasteiger partial charge in [-0.3, -0.25) is 4.57 Å². The number of aromatic nitrogens is 4. The first kappa shape index (κ1) is 32.2. The molecule has 448 valence electrons. The van der Waals surface area contributed by atoms with Crippen molar-refractivity contribution >= 4 is 32.8 Å². The molecule has 1 aliphatic heterocycles. The van der Waals surface area contributed by atoms with Crippen molar-refractivity contribution < 1.29 is 75.6 Å². The molecule has 6 heteroatoms. The molecule has 0 amide bonds. The largest absolute Gasteiger partial charge is 0.510 e. The van der Waals surface area contributed by atoms with E-state index >= 15 is 0 Å². The van der Waals surface area contributed by atoms with Crippen LogP contribution in [-0.4, -0.2) is 14.1 Å². The van der Waals surface area contributed by atoms with Crippen LogP contribution in [0.1, 0.15) is 160 Å². The number of hydrogen-bond acceptors (Lipinski definition) is 2. The average molecular weight is 1380 g/mol. The van der Waals surface area contributed by atoms with Crippen LogP contribution in [0, 0.1) is 32.2 Å². The summed E-state index contributed by atoms with van der Waals surface area (Å²) in [5.74, 6) is 0.599. The number of pyridine rings is 1. The number of hydrogen-bond donors (Lipinski definition) is 0. The van der Waals surface area contributed by atoms with Gasteiger partial charge in [-0.25, -0.2) is 4.98 Å². The van der Waals surface area contributed by atoms with Crippen LogP contribution in [-0.2, 0) is 42.7 Å². The minimum atomic E-state index is -4.77. The summed E-state index contributed by atoms with van der Waals surface area (Å²) in [5, 5.41) is 1.60. The molecule has 13 aromatic rings. The molecule has 2 aliphatic rings. The van der Waals surface area contributed by atoms with Crippen LogP contribution >= 0.6 is 0 Å². The summed E-state index contributed by atoms with van der Waals surface area (Å²) in [6, 6.07) is 29.0. The van der Waals surface area contributed by atoms with Crippen LogP contribution < -0.4 is 9.30 Å². The van der Waals surface area contributed by atoms with Gasteiger partial charge in [0, 0.05) is 74.4 Å². The molecule has 0 bridgehead atoms. The molecule has 0 radical (unpaired) electrons. The zero-order chi connectivity index (χ0) is 89.6. The van der Waals surface area contributed by atoms with E-state index in [1.807, 2.05) is 67.8 Å². The first-order chi connectivity index (χ1) is 56.2. The fourth-order valence-electron chi connectivity index (χ4n) is 12.1. The van der Waals surface area contributed by atoms with Gasteiger partial charge in [0.1, 0.15) is 5.82 Å². The Labute approximate surface area is 591 Å². The third-order valence-corrected chi connectivity index (χ3v) is 16.6. The fourth-order valence-corrected chi connectivity index (χ4v) is 12.1. The second kappa shape index (κ2) is 21.7. The molecular weight excluding hydrogens is 1280 g/mol. The van der Waals surface area contributed by atoms with Gasteiger partial charge >= 0.3 is 0 Å². The normalized spacial score (nSPS) is 21.3. The summed E-state index contributed by atoms with van der Waals surface area (Å²) in [7, 11) is 0. The molecule has 4 heterocycles. The van der Waals surface area contributed by atoms with Crippen LogP contribution in [0.2, 0.25) is 0 Å². The summed E-state index contributed by atoms with van der Waals surface area (Å²) in [6.07, 6.45) is -4.40. The Morgan fingerprint density at radius 2 is 1.20 bits per heavy atom. The summed E-state index contributed by atoms with van der Waals surface area (Å²) in [6.45, 7) is -12.1. The van der Waals surface area contributed by atoms with Gasteiger partial charge in [-0.2, -0.15) is 18.2 Å². The average Bonchev–Trinajstić information content (AvgIpc) is 0.936. The Balaban J connectivity index is 0.0000123. The van der Waals surface area contributed by atoms with Crippen molar-refractivity contribution in [3.63, 3.8) is 0 Å². The smallest absolute Gasteiger partial charge is 0.268 e. The van der Waals surface area contributed by atoms with Crippen molar-refractivity contribution in [1.29, 1.82) is 0 Å². The second-order valence-corrected chi connectivity index (χ2v) is 24.5. The van der Waals surface area contributed by atoms with E-state index in [-0.39, 0.29) is 88.2 Å². The zero-order valence-electron chi connectivity index (χ0n) is 82.3. The third-order valence-electron chi connectivity index (χ3n) is 16.6. The van der Waals surface area contributed by atoms with E-state index in [0.29, 0.717) is 11.3 Å². The maximum absolute atomic E-state index is 10.6. The number of fused-ring (bicyclic) bond motifs is 11. The molecule has 0 fully saturated rings. The van der Waals surface area contributed by atoms with Crippen molar-refractivity contribution in [2.75, 3.05) is 0 Å². The zero-order valence-corrected chi connectivity index (χ0v) is 51.6. The number of aryl methyl sites for hydroxylation is 2. The molecule has 0 saturated heterocycles. The molecule has 90 heavy (non-hydrogen) atoms. The predicted octanol–water partition coefficient (Wildman–Crippen LogP) is 21.5. The van der Waals surface area contributed by atoms with Crippen molar-refractivity contribution in [3.05, 3.63) is 258 Å². The summed E-state index contributed by atoms with van der Waals surface area (Å²) in [4.78, 5) is 4.81. The summed E-state index contributed by atoms with van der Waals surface area (Å²) in [5.41, 5.74) is -18.1. The Hall–Kier alpha value is -8.89. The van der Waals surface area contributed by atoms with Crippen LogP contribution in [0.5, 0.6) is 11.5 Å². The number of rotatable bonds is 7. The molecule has 0 saturated carbocycles. The van der Waals surface area contributed by atoms with Crippen molar-refractivity contribution in [3.8, 4) is 95.5 Å². The first-order valence-corrected chi connectivity index (χ1v) is 28.7. The van der Waals surface area contributed by atoms with Gasteiger partial charge in [0.25, 0.3) is 6.33 Å². The number of ether oxygens (including phenoxy) is 1. The first-order valence-electron chi connectivity index (χ1n) is 45.2. The number of benzene rings is 10. The van der Waals surface area contributed by atoms with E-state index in [4.69, 9.17) is 26.2 Å². The molecule has 0 N–H and O–H groups in total. The van der Waals surface area contributed by atoms with Crippen molar-refractivity contribution in [1.82, 2.24) is 14.1 Å². The minimum Gasteiger partial charge on any atom is -0.510 e. The van der Waals surface area contributed by atoms with Gasteiger partial charge in [0.05, 0.1) is 31.8 Å². The van der Waals surface area contributed by atoms with E-state index in [1.54, 1.807) is 36.5 Å². The van der Waals surface area contributed by atoms with E-state index in [1.165, 1.54) is 57.7 Å². The van der Waals surface area contributed by atoms with Crippen LogP contribution in [0.15, 0.2) is 206 Å². The fraction of sp³-hybridized carbons (Fsp3) is 0.214. The molecular formula is C84H74N4OPt-2. The van der Waals surface area contributed by atoms with Gasteiger partial charge < -0.3 is 13.9 Å². The Bertz CT molecular complexity index is 6570. The maximum Gasteiger partial charge on any atom is 0.268 e. The Kier molecular flexibility index (Phi) is 7.76. The number of imidazole rings is 1. The van der Waals surface area contributed by atoms with Gasteiger partial charge in [-0.15, -0.1) is 29.7 Å². The van der Waals surface area contributed by atoms with E-state index < -0.39 is 198 Å². The van der Waals surface area contributed by atoms with Crippen LogP contribution in [0.25, 0.3) is 117 Å². The van der Waals surface area contributed by atoms with Gasteiger partial charge in [0.15, 0.2) is 0 Å². The quantitative estimate of drug-likeness (QED) is 0.118. The van der Waals surface area contributed by atoms with Crippen molar-refractivity contribution in [2.45, 2.75) is 117 Å². The molecule has 0 atom stereocenters. The molecule has 3 aromatic heterocycles. The molecule has 10 aromatic carbocycles. The molecule has 5 nitrogen and oxygen atoms in total. The predicted molar refractivity (Wildman–Crippen MR) is 368 cm³/mol. The molecule has 15 rings (SSSR count). The maximum atomic E-state index is 10.6. The van der Waals surface area contributed by atoms with E-state index in [0.717, 1.165) is 39.5 Å². The second-order valence-electron chi connectivity index (χ2n) is 24.5. The molecule has 0 unspecified atom stereocenters.